The van der Waals surface area contributed by atoms with E-state index < -0.39 is 18.3 Å². The predicted molar refractivity (Wildman–Crippen MR) is 103 cm³/mol. The molecule has 2 aromatic rings. The minimum atomic E-state index is -0.562. The second-order valence-corrected chi connectivity index (χ2v) is 7.62. The van der Waals surface area contributed by atoms with Crippen molar-refractivity contribution in [2.75, 3.05) is 13.9 Å². The van der Waals surface area contributed by atoms with Gasteiger partial charge in [-0.2, -0.15) is 0 Å². The van der Waals surface area contributed by atoms with Crippen LogP contribution in [0.4, 0.5) is 0 Å². The molecule has 0 N–H and O–H groups in total. The van der Waals surface area contributed by atoms with Crippen LogP contribution in [0.1, 0.15) is 27.7 Å². The van der Waals surface area contributed by atoms with Gasteiger partial charge in [0, 0.05) is 31.3 Å². The van der Waals surface area contributed by atoms with Crippen molar-refractivity contribution in [1.82, 2.24) is 9.55 Å². The monoisotopic (exact) mass is 372 g/mol. The number of hydrogen-bond acceptors (Lipinski definition) is 6. The summed E-state index contributed by atoms with van der Waals surface area (Å²) in [6.07, 6.45) is 1.50. The molecule has 8 heteroatoms. The second kappa shape index (κ2) is 7.11. The van der Waals surface area contributed by atoms with E-state index in [1.807, 2.05) is 45.9 Å². The van der Waals surface area contributed by atoms with Crippen molar-refractivity contribution >= 4 is 12.6 Å². The van der Waals surface area contributed by atoms with Crippen molar-refractivity contribution in [1.29, 1.82) is 0 Å². The number of rotatable bonds is 5. The summed E-state index contributed by atoms with van der Waals surface area (Å²) in [5, 5.41) is 0. The Kier molecular flexibility index (Phi) is 5.16. The van der Waals surface area contributed by atoms with Crippen molar-refractivity contribution in [2.45, 2.75) is 38.9 Å². The number of aryl methyl sites for hydroxylation is 1. The van der Waals surface area contributed by atoms with Crippen molar-refractivity contribution in [3.63, 3.8) is 0 Å². The average Bonchev–Trinajstić information content (AvgIpc) is 2.82. The largest absolute Gasteiger partial charge is 0.498 e. The Labute approximate surface area is 159 Å². The smallest absolute Gasteiger partial charge is 0.468 e. The molecular weight excluding hydrogens is 347 g/mol. The first-order valence-electron chi connectivity index (χ1n) is 8.79. The number of hydrogen-bond donors (Lipinski definition) is 0. The van der Waals surface area contributed by atoms with Crippen LogP contribution in [0, 0.1) is 0 Å². The third-order valence-corrected chi connectivity index (χ3v) is 5.13. The Morgan fingerprint density at radius 1 is 1.15 bits per heavy atom. The lowest BCUT2D eigenvalue weighted by Gasteiger charge is -2.32. The molecule has 1 saturated heterocycles. The van der Waals surface area contributed by atoms with E-state index in [2.05, 4.69) is 4.98 Å². The van der Waals surface area contributed by atoms with Crippen LogP contribution >= 0.6 is 0 Å². The maximum atomic E-state index is 11.9. The zero-order valence-electron chi connectivity index (χ0n) is 16.6. The van der Waals surface area contributed by atoms with Crippen molar-refractivity contribution in [3.05, 3.63) is 40.9 Å². The molecule has 0 bridgehead atoms. The van der Waals surface area contributed by atoms with Crippen LogP contribution in [0.5, 0.6) is 5.75 Å². The highest BCUT2D eigenvalue weighted by Crippen LogP contribution is 2.37. The van der Waals surface area contributed by atoms with Gasteiger partial charge in [0.25, 0.3) is 5.56 Å². The summed E-state index contributed by atoms with van der Waals surface area (Å²) in [5.41, 5.74) is 1.05. The second-order valence-electron chi connectivity index (χ2n) is 7.62. The molecule has 0 amide bonds. The number of ether oxygens (including phenoxy) is 2. The zero-order valence-corrected chi connectivity index (χ0v) is 16.6. The molecule has 0 aliphatic carbocycles. The van der Waals surface area contributed by atoms with Crippen LogP contribution in [-0.2, 0) is 21.1 Å². The van der Waals surface area contributed by atoms with Crippen molar-refractivity contribution in [2.24, 2.45) is 7.05 Å². The van der Waals surface area contributed by atoms with Crippen molar-refractivity contribution < 1.29 is 18.8 Å². The summed E-state index contributed by atoms with van der Waals surface area (Å²) in [4.78, 5) is 16.2. The highest BCUT2D eigenvalue weighted by molar-refractivity contribution is 6.63. The van der Waals surface area contributed by atoms with E-state index >= 15 is 0 Å². The van der Waals surface area contributed by atoms with Crippen molar-refractivity contribution in [3.8, 4) is 17.0 Å². The van der Waals surface area contributed by atoms with Crippen LogP contribution < -0.4 is 15.8 Å². The summed E-state index contributed by atoms with van der Waals surface area (Å²) in [6.45, 7) is 8.09. The first kappa shape index (κ1) is 19.6. The van der Waals surface area contributed by atoms with E-state index in [1.165, 1.54) is 17.0 Å². The molecule has 2 heterocycles. The Balaban J connectivity index is 2.00. The van der Waals surface area contributed by atoms with E-state index in [0.29, 0.717) is 11.4 Å². The summed E-state index contributed by atoms with van der Waals surface area (Å²) >= 11 is 0. The van der Waals surface area contributed by atoms with Gasteiger partial charge in [0.1, 0.15) is 5.75 Å². The molecule has 27 heavy (non-hydrogen) atoms. The molecule has 0 unspecified atom stereocenters. The Bertz CT molecular complexity index is 878. The van der Waals surface area contributed by atoms with Gasteiger partial charge < -0.3 is 23.3 Å². The first-order valence-corrected chi connectivity index (χ1v) is 8.79. The number of nitrogens with zero attached hydrogens (tertiary/aromatic N) is 2. The van der Waals surface area contributed by atoms with E-state index in [0.717, 1.165) is 11.0 Å². The molecule has 0 radical (unpaired) electrons. The van der Waals surface area contributed by atoms with E-state index in [-0.39, 0.29) is 12.4 Å². The van der Waals surface area contributed by atoms with Gasteiger partial charge in [-0.25, -0.2) is 4.98 Å². The minimum Gasteiger partial charge on any atom is -0.468 e. The lowest BCUT2D eigenvalue weighted by atomic mass is 9.78. The van der Waals surface area contributed by atoms with Gasteiger partial charge in [-0.1, -0.05) is 12.1 Å². The Morgan fingerprint density at radius 3 is 2.41 bits per heavy atom. The number of benzene rings is 1. The molecule has 0 atom stereocenters. The van der Waals surface area contributed by atoms with Gasteiger partial charge >= 0.3 is 7.12 Å². The average molecular weight is 372 g/mol. The molecule has 0 spiro atoms. The quantitative estimate of drug-likeness (QED) is 0.588. The highest BCUT2D eigenvalue weighted by atomic mass is 16.7. The minimum absolute atomic E-state index is 0.0833. The van der Waals surface area contributed by atoms with Crippen LogP contribution in [-0.4, -0.2) is 41.8 Å². The topological polar surface area (TPSA) is 71.8 Å². The lowest BCUT2D eigenvalue weighted by Crippen LogP contribution is -2.41. The molecule has 0 saturated carbocycles. The number of aromatic nitrogens is 2. The summed E-state index contributed by atoms with van der Waals surface area (Å²) in [6, 6.07) is 7.06. The van der Waals surface area contributed by atoms with Crippen LogP contribution in [0.15, 0.2) is 35.4 Å². The van der Waals surface area contributed by atoms with E-state index in [4.69, 9.17) is 18.8 Å². The molecule has 144 valence electrons. The Morgan fingerprint density at radius 2 is 1.81 bits per heavy atom. The van der Waals surface area contributed by atoms with Gasteiger partial charge in [-0.05, 0) is 33.8 Å². The first-order chi connectivity index (χ1) is 12.6. The van der Waals surface area contributed by atoms with Gasteiger partial charge in [0.2, 0.25) is 0 Å². The molecule has 1 aliphatic heterocycles. The van der Waals surface area contributed by atoms with Crippen LogP contribution in [0.2, 0.25) is 0 Å². The summed E-state index contributed by atoms with van der Waals surface area (Å²) in [7, 11) is 2.65. The molecule has 1 aliphatic rings. The molecule has 1 fully saturated rings. The highest BCUT2D eigenvalue weighted by Gasteiger charge is 2.52. The fraction of sp³-hybridized carbons (Fsp3) is 0.474. The maximum Gasteiger partial charge on any atom is 0.498 e. The zero-order chi connectivity index (χ0) is 19.8. The fourth-order valence-corrected chi connectivity index (χ4v) is 2.73. The van der Waals surface area contributed by atoms with Crippen LogP contribution in [0.25, 0.3) is 11.3 Å². The lowest BCUT2D eigenvalue weighted by molar-refractivity contribution is 0.00578. The molecule has 7 nitrogen and oxygen atoms in total. The summed E-state index contributed by atoms with van der Waals surface area (Å²) in [5.74, 6) is 0.565. The SMILES string of the molecule is COCOc1cc(-c2cc(=O)n(C)cn2)ccc1B1OC(C)(C)C(C)(C)O1. The van der Waals surface area contributed by atoms with E-state index in [9.17, 15) is 4.79 Å². The molecule has 1 aromatic heterocycles. The van der Waals surface area contributed by atoms with Gasteiger partial charge in [0.15, 0.2) is 6.79 Å². The number of methoxy groups -OCH3 is 1. The van der Waals surface area contributed by atoms with Gasteiger partial charge in [-0.15, -0.1) is 0 Å². The standard InChI is InChI=1S/C19H25BN2O5/c1-18(2)19(3,4)27-20(26-18)14-8-7-13(9-16(14)25-12-24-6)15-10-17(23)22(5)11-21-15/h7-11H,12H2,1-6H3. The molecule has 1 aromatic carbocycles. The van der Waals surface area contributed by atoms with Gasteiger partial charge in [-0.3, -0.25) is 4.79 Å². The van der Waals surface area contributed by atoms with E-state index in [1.54, 1.807) is 14.2 Å². The Hall–Kier alpha value is -2.16. The summed E-state index contributed by atoms with van der Waals surface area (Å²) < 4.78 is 24.5. The van der Waals surface area contributed by atoms with Crippen LogP contribution in [0.3, 0.4) is 0 Å². The molecule has 3 rings (SSSR count). The fourth-order valence-electron chi connectivity index (χ4n) is 2.73. The normalized spacial score (nSPS) is 17.9. The maximum absolute atomic E-state index is 11.9. The predicted octanol–water partition coefficient (Wildman–Crippen LogP) is 1.73. The third kappa shape index (κ3) is 3.78. The van der Waals surface area contributed by atoms with Gasteiger partial charge in [0.05, 0.1) is 23.2 Å². The third-order valence-electron chi connectivity index (χ3n) is 5.13. The molecular formula is C19H25BN2O5.